The Kier molecular flexibility index (Phi) is 4.04. The minimum Gasteiger partial charge on any atom is -0.384 e. The van der Waals surface area contributed by atoms with Crippen molar-refractivity contribution >= 4 is 11.7 Å². The Bertz CT molecular complexity index is 551. The molecule has 1 unspecified atom stereocenters. The summed E-state index contributed by atoms with van der Waals surface area (Å²) >= 11 is 0. The average molecular weight is 304 g/mol. The Morgan fingerprint density at radius 3 is 2.82 bits per heavy atom. The van der Waals surface area contributed by atoms with Crippen molar-refractivity contribution in [3.63, 3.8) is 0 Å². The first kappa shape index (κ1) is 15.2. The first-order valence-electron chi connectivity index (χ1n) is 8.01. The third-order valence-electron chi connectivity index (χ3n) is 4.83. The van der Waals surface area contributed by atoms with E-state index in [0.717, 1.165) is 37.9 Å². The number of aryl methyl sites for hydroxylation is 1. The van der Waals surface area contributed by atoms with Crippen molar-refractivity contribution < 1.29 is 9.53 Å². The van der Waals surface area contributed by atoms with Crippen molar-refractivity contribution in [3.05, 3.63) is 17.6 Å². The maximum absolute atomic E-state index is 12.9. The van der Waals surface area contributed by atoms with Crippen LogP contribution in [0.15, 0.2) is 6.07 Å². The number of amides is 1. The van der Waals surface area contributed by atoms with Gasteiger partial charge in [0.25, 0.3) is 0 Å². The molecule has 2 saturated heterocycles. The van der Waals surface area contributed by atoms with Crippen molar-refractivity contribution in [1.29, 1.82) is 0 Å². The number of rotatable bonds is 2. The van der Waals surface area contributed by atoms with Gasteiger partial charge in [0.2, 0.25) is 5.91 Å². The number of nitrogen functional groups attached to an aromatic ring is 1. The highest BCUT2D eigenvalue weighted by Gasteiger charge is 2.45. The lowest BCUT2D eigenvalue weighted by Crippen LogP contribution is -2.47. The van der Waals surface area contributed by atoms with E-state index in [1.807, 2.05) is 11.8 Å². The summed E-state index contributed by atoms with van der Waals surface area (Å²) in [5.74, 6) is 1.41. The molecule has 2 fully saturated rings. The third kappa shape index (κ3) is 2.67. The Balaban J connectivity index is 1.89. The van der Waals surface area contributed by atoms with Crippen molar-refractivity contribution in [1.82, 2.24) is 14.9 Å². The number of aromatic nitrogens is 2. The van der Waals surface area contributed by atoms with Crippen molar-refractivity contribution in [2.24, 2.45) is 5.92 Å². The van der Waals surface area contributed by atoms with E-state index in [1.165, 1.54) is 0 Å². The number of carbonyl (C=O) groups excluding carboxylic acids is 1. The topological polar surface area (TPSA) is 81.3 Å². The lowest BCUT2D eigenvalue weighted by atomic mass is 9.93. The number of anilines is 1. The van der Waals surface area contributed by atoms with Gasteiger partial charge in [0, 0.05) is 37.4 Å². The lowest BCUT2D eigenvalue weighted by molar-refractivity contribution is -0.143. The van der Waals surface area contributed by atoms with Crippen LogP contribution in [0.2, 0.25) is 0 Å². The molecule has 1 amide bonds. The SMILES string of the molecule is Cc1cc(N)nc(C2(C)CCCN2C(=O)C2CCOCC2)n1. The highest BCUT2D eigenvalue weighted by Crippen LogP contribution is 2.39. The summed E-state index contributed by atoms with van der Waals surface area (Å²) in [5.41, 5.74) is 6.27. The number of carbonyl (C=O) groups is 1. The van der Waals surface area contributed by atoms with Crippen LogP contribution in [0.1, 0.15) is 44.1 Å². The minimum absolute atomic E-state index is 0.0633. The van der Waals surface area contributed by atoms with E-state index in [9.17, 15) is 4.79 Å². The van der Waals surface area contributed by atoms with Crippen LogP contribution >= 0.6 is 0 Å². The van der Waals surface area contributed by atoms with Crippen LogP contribution in [0.4, 0.5) is 5.82 Å². The summed E-state index contributed by atoms with van der Waals surface area (Å²) < 4.78 is 5.37. The standard InChI is InChI=1S/C16H24N4O2/c1-11-10-13(17)19-15(18-11)16(2)6-3-7-20(16)14(21)12-4-8-22-9-5-12/h10,12H,3-9H2,1-2H3,(H2,17,18,19). The van der Waals surface area contributed by atoms with Crippen LogP contribution in [0, 0.1) is 12.8 Å². The number of likely N-dealkylation sites (tertiary alicyclic amines) is 1. The maximum Gasteiger partial charge on any atom is 0.226 e. The van der Waals surface area contributed by atoms with Gasteiger partial charge in [-0.15, -0.1) is 0 Å². The zero-order valence-electron chi connectivity index (χ0n) is 13.3. The first-order chi connectivity index (χ1) is 10.5. The molecule has 6 nitrogen and oxygen atoms in total. The van der Waals surface area contributed by atoms with E-state index < -0.39 is 5.54 Å². The smallest absolute Gasteiger partial charge is 0.226 e. The molecule has 3 heterocycles. The van der Waals surface area contributed by atoms with Gasteiger partial charge in [-0.2, -0.15) is 0 Å². The predicted octanol–water partition coefficient (Wildman–Crippen LogP) is 1.63. The highest BCUT2D eigenvalue weighted by molar-refractivity contribution is 5.80. The van der Waals surface area contributed by atoms with Crippen LogP contribution in [0.5, 0.6) is 0 Å². The normalized spacial score (nSPS) is 26.4. The molecular weight excluding hydrogens is 280 g/mol. The molecule has 2 aliphatic rings. The number of ether oxygens (including phenoxy) is 1. The van der Waals surface area contributed by atoms with Gasteiger partial charge in [0.1, 0.15) is 5.82 Å². The van der Waals surface area contributed by atoms with E-state index in [2.05, 4.69) is 16.9 Å². The van der Waals surface area contributed by atoms with E-state index in [0.29, 0.717) is 24.9 Å². The molecule has 0 bridgehead atoms. The van der Waals surface area contributed by atoms with Crippen LogP contribution in [0.3, 0.4) is 0 Å². The van der Waals surface area contributed by atoms with Crippen LogP contribution in [-0.2, 0) is 15.1 Å². The van der Waals surface area contributed by atoms with Gasteiger partial charge in [-0.25, -0.2) is 9.97 Å². The molecule has 0 aromatic carbocycles. The molecule has 0 radical (unpaired) electrons. The zero-order chi connectivity index (χ0) is 15.7. The summed E-state index contributed by atoms with van der Waals surface area (Å²) in [6, 6.07) is 1.76. The van der Waals surface area contributed by atoms with E-state index in [1.54, 1.807) is 6.07 Å². The molecule has 2 aliphatic heterocycles. The molecule has 0 aliphatic carbocycles. The summed E-state index contributed by atoms with van der Waals surface area (Å²) in [6.07, 6.45) is 3.47. The molecule has 0 saturated carbocycles. The summed E-state index contributed by atoms with van der Waals surface area (Å²) in [7, 11) is 0. The molecule has 0 spiro atoms. The molecule has 3 rings (SSSR count). The molecule has 1 aromatic heterocycles. The minimum atomic E-state index is -0.449. The van der Waals surface area contributed by atoms with Gasteiger partial charge in [0.15, 0.2) is 5.82 Å². The quantitative estimate of drug-likeness (QED) is 0.898. The second-order valence-corrected chi connectivity index (χ2v) is 6.51. The van der Waals surface area contributed by atoms with Gasteiger partial charge in [0.05, 0.1) is 5.54 Å². The fourth-order valence-electron chi connectivity index (χ4n) is 3.55. The molecular formula is C16H24N4O2. The fourth-order valence-corrected chi connectivity index (χ4v) is 3.55. The lowest BCUT2D eigenvalue weighted by Gasteiger charge is -2.37. The first-order valence-corrected chi connectivity index (χ1v) is 8.01. The van der Waals surface area contributed by atoms with Crippen LogP contribution in [0.25, 0.3) is 0 Å². The second kappa shape index (κ2) is 5.83. The highest BCUT2D eigenvalue weighted by atomic mass is 16.5. The maximum atomic E-state index is 12.9. The van der Waals surface area contributed by atoms with Gasteiger partial charge in [-0.3, -0.25) is 4.79 Å². The van der Waals surface area contributed by atoms with Gasteiger partial charge >= 0.3 is 0 Å². The predicted molar refractivity (Wildman–Crippen MR) is 83.0 cm³/mol. The molecule has 1 atom stereocenters. The fraction of sp³-hybridized carbons (Fsp3) is 0.688. The van der Waals surface area contributed by atoms with Gasteiger partial charge in [-0.05, 0) is 39.5 Å². The van der Waals surface area contributed by atoms with Crippen LogP contribution < -0.4 is 5.73 Å². The van der Waals surface area contributed by atoms with E-state index >= 15 is 0 Å². The van der Waals surface area contributed by atoms with Crippen molar-refractivity contribution in [3.8, 4) is 0 Å². The Labute approximate surface area is 131 Å². The monoisotopic (exact) mass is 304 g/mol. The molecule has 22 heavy (non-hydrogen) atoms. The molecule has 2 N–H and O–H groups in total. The number of nitrogens with zero attached hydrogens (tertiary/aromatic N) is 3. The summed E-state index contributed by atoms with van der Waals surface area (Å²) in [5, 5.41) is 0. The van der Waals surface area contributed by atoms with Gasteiger partial charge < -0.3 is 15.4 Å². The zero-order valence-corrected chi connectivity index (χ0v) is 13.3. The molecule has 120 valence electrons. The van der Waals surface area contributed by atoms with Gasteiger partial charge in [-0.1, -0.05) is 0 Å². The average Bonchev–Trinajstić information content (AvgIpc) is 2.90. The Morgan fingerprint density at radius 1 is 1.41 bits per heavy atom. The van der Waals surface area contributed by atoms with Crippen LogP contribution in [-0.4, -0.2) is 40.5 Å². The van der Waals surface area contributed by atoms with E-state index in [-0.39, 0.29) is 11.8 Å². The van der Waals surface area contributed by atoms with E-state index in [4.69, 9.17) is 10.5 Å². The largest absolute Gasteiger partial charge is 0.384 e. The van der Waals surface area contributed by atoms with Crippen molar-refractivity contribution in [2.45, 2.75) is 45.1 Å². The molecule has 1 aromatic rings. The molecule has 6 heteroatoms. The number of nitrogens with two attached hydrogens (primary N) is 1. The number of hydrogen-bond acceptors (Lipinski definition) is 5. The summed E-state index contributed by atoms with van der Waals surface area (Å²) in [6.45, 7) is 6.09. The van der Waals surface area contributed by atoms with Crippen molar-refractivity contribution in [2.75, 3.05) is 25.5 Å². The Morgan fingerprint density at radius 2 is 2.14 bits per heavy atom. The number of hydrogen-bond donors (Lipinski definition) is 1. The third-order valence-corrected chi connectivity index (χ3v) is 4.83. The Hall–Kier alpha value is -1.69. The second-order valence-electron chi connectivity index (χ2n) is 6.51. The summed E-state index contributed by atoms with van der Waals surface area (Å²) in [4.78, 5) is 23.9.